The van der Waals surface area contributed by atoms with E-state index in [4.69, 9.17) is 0 Å². The van der Waals surface area contributed by atoms with E-state index in [0.717, 1.165) is 42.4 Å². The lowest BCUT2D eigenvalue weighted by atomic mass is 10.0. The van der Waals surface area contributed by atoms with Crippen LogP contribution < -0.4 is 10.6 Å². The maximum atomic E-state index is 12.9. The number of likely N-dealkylation sites (tertiary alicyclic amines) is 1. The highest BCUT2D eigenvalue weighted by molar-refractivity contribution is 5.99. The van der Waals surface area contributed by atoms with Crippen LogP contribution in [0.2, 0.25) is 0 Å². The second-order valence-electron chi connectivity index (χ2n) is 7.88. The second kappa shape index (κ2) is 9.04. The van der Waals surface area contributed by atoms with Gasteiger partial charge in [-0.25, -0.2) is 0 Å². The summed E-state index contributed by atoms with van der Waals surface area (Å²) in [5.41, 5.74) is 3.13. The van der Waals surface area contributed by atoms with E-state index in [-0.39, 0.29) is 17.7 Å². The van der Waals surface area contributed by atoms with Gasteiger partial charge in [0, 0.05) is 54.8 Å². The van der Waals surface area contributed by atoms with E-state index >= 15 is 0 Å². The number of hydrogen-bond acceptors (Lipinski definition) is 3. The molecule has 3 N–H and O–H groups in total. The van der Waals surface area contributed by atoms with E-state index in [9.17, 15) is 14.4 Å². The molecule has 31 heavy (non-hydrogen) atoms. The summed E-state index contributed by atoms with van der Waals surface area (Å²) < 4.78 is 0. The molecular formula is C24H26N4O3. The van der Waals surface area contributed by atoms with E-state index < -0.39 is 6.04 Å². The number of nitrogens with one attached hydrogen (secondary N) is 3. The highest BCUT2D eigenvalue weighted by Gasteiger charge is 2.22. The van der Waals surface area contributed by atoms with Crippen molar-refractivity contribution in [1.82, 2.24) is 15.2 Å². The summed E-state index contributed by atoms with van der Waals surface area (Å²) >= 11 is 0. The minimum Gasteiger partial charge on any atom is -0.361 e. The van der Waals surface area contributed by atoms with Gasteiger partial charge in [-0.15, -0.1) is 0 Å². The molecule has 0 aliphatic carbocycles. The SMILES string of the molecule is CC(=O)NC(Cc1c[nH]c2ccccc12)C(=O)Nc1ccc(C(=O)N2CCCC2)cc1. The first-order valence-corrected chi connectivity index (χ1v) is 10.5. The Bertz CT molecular complexity index is 1100. The predicted octanol–water partition coefficient (Wildman–Crippen LogP) is 3.09. The summed E-state index contributed by atoms with van der Waals surface area (Å²) in [7, 11) is 0. The monoisotopic (exact) mass is 418 g/mol. The fourth-order valence-electron chi connectivity index (χ4n) is 4.00. The van der Waals surface area contributed by atoms with Gasteiger partial charge in [0.15, 0.2) is 0 Å². The number of H-pyrrole nitrogens is 1. The zero-order chi connectivity index (χ0) is 21.8. The van der Waals surface area contributed by atoms with Gasteiger partial charge in [-0.3, -0.25) is 14.4 Å². The van der Waals surface area contributed by atoms with Gasteiger partial charge < -0.3 is 20.5 Å². The van der Waals surface area contributed by atoms with Gasteiger partial charge in [0.2, 0.25) is 11.8 Å². The zero-order valence-corrected chi connectivity index (χ0v) is 17.5. The Hall–Kier alpha value is -3.61. The Morgan fingerprint density at radius 2 is 1.74 bits per heavy atom. The van der Waals surface area contributed by atoms with Crippen LogP contribution in [0.4, 0.5) is 5.69 Å². The number of para-hydroxylation sites is 1. The van der Waals surface area contributed by atoms with Crippen LogP contribution in [0.5, 0.6) is 0 Å². The molecule has 1 unspecified atom stereocenters. The molecule has 0 spiro atoms. The lowest BCUT2D eigenvalue weighted by Gasteiger charge is -2.18. The minimum atomic E-state index is -0.720. The van der Waals surface area contributed by atoms with Gasteiger partial charge in [0.1, 0.15) is 6.04 Å². The Labute approximate surface area is 180 Å². The molecular weight excluding hydrogens is 392 g/mol. The van der Waals surface area contributed by atoms with Crippen LogP contribution in [0.3, 0.4) is 0 Å². The van der Waals surface area contributed by atoms with E-state index in [1.165, 1.54) is 6.92 Å². The van der Waals surface area contributed by atoms with E-state index in [0.29, 0.717) is 17.7 Å². The fraction of sp³-hybridized carbons (Fsp3) is 0.292. The molecule has 7 nitrogen and oxygen atoms in total. The van der Waals surface area contributed by atoms with Crippen LogP contribution in [-0.2, 0) is 16.0 Å². The third-order valence-corrected chi connectivity index (χ3v) is 5.59. The van der Waals surface area contributed by atoms with Crippen LogP contribution >= 0.6 is 0 Å². The zero-order valence-electron chi connectivity index (χ0n) is 17.5. The number of benzene rings is 2. The van der Waals surface area contributed by atoms with Crippen molar-refractivity contribution < 1.29 is 14.4 Å². The summed E-state index contributed by atoms with van der Waals surface area (Å²) in [5.74, 6) is -0.559. The first kappa shape index (κ1) is 20.7. The van der Waals surface area contributed by atoms with Crippen molar-refractivity contribution in [1.29, 1.82) is 0 Å². The molecule has 160 valence electrons. The molecule has 1 aliphatic heterocycles. The van der Waals surface area contributed by atoms with Crippen molar-refractivity contribution in [2.24, 2.45) is 0 Å². The summed E-state index contributed by atoms with van der Waals surface area (Å²) in [4.78, 5) is 42.2. The second-order valence-corrected chi connectivity index (χ2v) is 7.88. The molecule has 0 bridgehead atoms. The average Bonchev–Trinajstić information content (AvgIpc) is 3.44. The molecule has 0 saturated carbocycles. The predicted molar refractivity (Wildman–Crippen MR) is 120 cm³/mol. The molecule has 2 heterocycles. The number of aromatic nitrogens is 1. The molecule has 3 amide bonds. The summed E-state index contributed by atoms with van der Waals surface area (Å²) in [5, 5.41) is 6.62. The van der Waals surface area contributed by atoms with E-state index in [2.05, 4.69) is 15.6 Å². The average molecular weight is 418 g/mol. The summed E-state index contributed by atoms with van der Waals surface area (Å²) in [6, 6.07) is 14.0. The van der Waals surface area contributed by atoms with Crippen molar-refractivity contribution in [3.05, 3.63) is 65.9 Å². The first-order valence-electron chi connectivity index (χ1n) is 10.5. The van der Waals surface area contributed by atoms with Gasteiger partial charge in [0.05, 0.1) is 0 Å². The molecule has 7 heteroatoms. The number of aromatic amines is 1. The number of carbonyl (C=O) groups is 3. The van der Waals surface area contributed by atoms with Crippen molar-refractivity contribution in [3.8, 4) is 0 Å². The number of hydrogen-bond donors (Lipinski definition) is 3. The van der Waals surface area contributed by atoms with Crippen LogP contribution in [-0.4, -0.2) is 46.7 Å². The number of fused-ring (bicyclic) bond motifs is 1. The number of rotatable bonds is 6. The van der Waals surface area contributed by atoms with Crippen LogP contribution in [0, 0.1) is 0 Å². The van der Waals surface area contributed by atoms with Gasteiger partial charge in [-0.2, -0.15) is 0 Å². The number of nitrogens with zero attached hydrogens (tertiary/aromatic N) is 1. The van der Waals surface area contributed by atoms with Crippen LogP contribution in [0.25, 0.3) is 10.9 Å². The molecule has 3 aromatic rings. The Morgan fingerprint density at radius 1 is 1.03 bits per heavy atom. The number of anilines is 1. The van der Waals surface area contributed by atoms with Crippen LogP contribution in [0.15, 0.2) is 54.7 Å². The Morgan fingerprint density at radius 3 is 2.45 bits per heavy atom. The van der Waals surface area contributed by atoms with Crippen molar-refractivity contribution in [2.45, 2.75) is 32.2 Å². The number of amides is 3. The van der Waals surface area contributed by atoms with Gasteiger partial charge in [-0.05, 0) is 48.7 Å². The smallest absolute Gasteiger partial charge is 0.253 e. The lowest BCUT2D eigenvalue weighted by Crippen LogP contribution is -2.44. The first-order chi connectivity index (χ1) is 15.0. The van der Waals surface area contributed by atoms with Crippen molar-refractivity contribution >= 4 is 34.3 Å². The largest absolute Gasteiger partial charge is 0.361 e. The Kier molecular flexibility index (Phi) is 6.02. The lowest BCUT2D eigenvalue weighted by molar-refractivity contribution is -0.125. The molecule has 1 fully saturated rings. The molecule has 2 aromatic carbocycles. The number of carbonyl (C=O) groups excluding carboxylic acids is 3. The van der Waals surface area contributed by atoms with Crippen molar-refractivity contribution in [3.63, 3.8) is 0 Å². The maximum Gasteiger partial charge on any atom is 0.253 e. The fourth-order valence-corrected chi connectivity index (χ4v) is 4.00. The minimum absolute atomic E-state index is 0.0193. The Balaban J connectivity index is 1.46. The maximum absolute atomic E-state index is 12.9. The van der Waals surface area contributed by atoms with Crippen molar-refractivity contribution in [2.75, 3.05) is 18.4 Å². The highest BCUT2D eigenvalue weighted by atomic mass is 16.2. The quantitative estimate of drug-likeness (QED) is 0.574. The third-order valence-electron chi connectivity index (χ3n) is 5.59. The van der Waals surface area contributed by atoms with Gasteiger partial charge >= 0.3 is 0 Å². The molecule has 4 rings (SSSR count). The summed E-state index contributed by atoms with van der Waals surface area (Å²) in [6.07, 6.45) is 4.31. The molecule has 1 aromatic heterocycles. The van der Waals surface area contributed by atoms with Gasteiger partial charge in [0.25, 0.3) is 5.91 Å². The normalized spacial score (nSPS) is 14.4. The molecule has 1 aliphatic rings. The molecule has 1 saturated heterocycles. The molecule has 1 atom stereocenters. The highest BCUT2D eigenvalue weighted by Crippen LogP contribution is 2.20. The topological polar surface area (TPSA) is 94.3 Å². The van der Waals surface area contributed by atoms with Gasteiger partial charge in [-0.1, -0.05) is 18.2 Å². The van der Waals surface area contributed by atoms with E-state index in [1.54, 1.807) is 24.3 Å². The standard InChI is InChI=1S/C24H26N4O3/c1-16(29)26-22(14-18-15-25-21-7-3-2-6-20(18)21)23(30)27-19-10-8-17(9-11-19)24(31)28-12-4-5-13-28/h2-3,6-11,15,22,25H,4-5,12-14H2,1H3,(H,26,29)(H,27,30). The molecule has 0 radical (unpaired) electrons. The van der Waals surface area contributed by atoms with Crippen LogP contribution in [0.1, 0.15) is 35.7 Å². The summed E-state index contributed by atoms with van der Waals surface area (Å²) in [6.45, 7) is 2.99. The van der Waals surface area contributed by atoms with E-state index in [1.807, 2.05) is 35.4 Å². The third kappa shape index (κ3) is 4.77.